The van der Waals surface area contributed by atoms with E-state index in [1.165, 1.54) is 19.3 Å². The molecule has 2 aliphatic rings. The summed E-state index contributed by atoms with van der Waals surface area (Å²) in [5.74, 6) is 3.30. The van der Waals surface area contributed by atoms with Crippen LogP contribution < -0.4 is 5.32 Å². The fourth-order valence-corrected chi connectivity index (χ4v) is 2.29. The predicted molar refractivity (Wildman–Crippen MR) is 47.7 cm³/mol. The first-order chi connectivity index (χ1) is 5.90. The molecule has 0 radical (unpaired) electrons. The molecule has 2 saturated heterocycles. The Morgan fingerprint density at radius 1 is 1.50 bits per heavy atom. The van der Waals surface area contributed by atoms with Gasteiger partial charge in [0.1, 0.15) is 0 Å². The Labute approximate surface area is 73.7 Å². The summed E-state index contributed by atoms with van der Waals surface area (Å²) >= 11 is 0. The molecule has 2 heteroatoms. The zero-order chi connectivity index (χ0) is 8.39. The zero-order valence-corrected chi connectivity index (χ0v) is 7.25. The average molecular weight is 165 g/mol. The zero-order valence-electron chi connectivity index (χ0n) is 7.25. The molecule has 2 rings (SSSR count). The van der Waals surface area contributed by atoms with Crippen LogP contribution in [0, 0.1) is 18.3 Å². The highest BCUT2D eigenvalue weighted by Crippen LogP contribution is 2.38. The highest BCUT2D eigenvalue weighted by Gasteiger charge is 2.39. The Hall–Kier alpha value is -0.520. The van der Waals surface area contributed by atoms with E-state index in [0.29, 0.717) is 18.8 Å². The quantitative estimate of drug-likeness (QED) is 0.493. The van der Waals surface area contributed by atoms with Gasteiger partial charge in [0, 0.05) is 12.5 Å². The number of fused-ring (bicyclic) bond motifs is 2. The summed E-state index contributed by atoms with van der Waals surface area (Å²) in [7, 11) is 0. The lowest BCUT2D eigenvalue weighted by Crippen LogP contribution is -2.29. The van der Waals surface area contributed by atoms with Crippen molar-refractivity contribution in [3.05, 3.63) is 0 Å². The van der Waals surface area contributed by atoms with Gasteiger partial charge in [-0.15, -0.1) is 6.42 Å². The lowest BCUT2D eigenvalue weighted by Gasteiger charge is -2.17. The molecule has 12 heavy (non-hydrogen) atoms. The molecular formula is C10H15NO. The molecule has 3 atom stereocenters. The van der Waals surface area contributed by atoms with Crippen molar-refractivity contribution < 1.29 is 4.74 Å². The third-order valence-electron chi connectivity index (χ3n) is 2.87. The van der Waals surface area contributed by atoms with Crippen LogP contribution in [0.15, 0.2) is 0 Å². The molecule has 2 bridgehead atoms. The second-order valence-electron chi connectivity index (χ2n) is 3.70. The molecule has 0 spiro atoms. The molecule has 0 amide bonds. The topological polar surface area (TPSA) is 21.3 Å². The Morgan fingerprint density at radius 3 is 3.00 bits per heavy atom. The third kappa shape index (κ3) is 1.48. The van der Waals surface area contributed by atoms with Crippen LogP contribution in [-0.4, -0.2) is 25.3 Å². The van der Waals surface area contributed by atoms with E-state index in [9.17, 15) is 0 Å². The lowest BCUT2D eigenvalue weighted by molar-refractivity contribution is 0.0926. The number of rotatable bonds is 3. The number of ether oxygens (including phenoxy) is 1. The Bertz CT molecular complexity index is 197. The molecule has 0 aromatic rings. The van der Waals surface area contributed by atoms with Gasteiger partial charge in [-0.1, -0.05) is 5.92 Å². The van der Waals surface area contributed by atoms with E-state index < -0.39 is 0 Å². The van der Waals surface area contributed by atoms with E-state index in [1.807, 2.05) is 0 Å². The van der Waals surface area contributed by atoms with Gasteiger partial charge in [-0.05, 0) is 19.3 Å². The van der Waals surface area contributed by atoms with Crippen molar-refractivity contribution in [3.8, 4) is 12.3 Å². The number of nitrogens with one attached hydrogen (secondary N) is 1. The van der Waals surface area contributed by atoms with Crippen LogP contribution in [0.3, 0.4) is 0 Å². The Kier molecular flexibility index (Phi) is 2.34. The van der Waals surface area contributed by atoms with Gasteiger partial charge < -0.3 is 10.1 Å². The predicted octanol–water partition coefficient (Wildman–Crippen LogP) is 0.777. The van der Waals surface area contributed by atoms with Gasteiger partial charge in [0.25, 0.3) is 0 Å². The monoisotopic (exact) mass is 165 g/mol. The summed E-state index contributed by atoms with van der Waals surface area (Å²) in [5.41, 5.74) is 0. The van der Waals surface area contributed by atoms with Crippen molar-refractivity contribution in [1.82, 2.24) is 5.32 Å². The van der Waals surface area contributed by atoms with E-state index in [-0.39, 0.29) is 0 Å². The van der Waals surface area contributed by atoms with E-state index >= 15 is 0 Å². The fraction of sp³-hybridized carbons (Fsp3) is 0.800. The number of hydrogen-bond acceptors (Lipinski definition) is 2. The number of hydrogen-bond donors (Lipinski definition) is 1. The van der Waals surface area contributed by atoms with Gasteiger partial charge >= 0.3 is 0 Å². The summed E-state index contributed by atoms with van der Waals surface area (Å²) in [6.07, 6.45) is 10.0. The fourth-order valence-electron chi connectivity index (χ4n) is 2.29. The van der Waals surface area contributed by atoms with Gasteiger partial charge in [0.2, 0.25) is 0 Å². The Morgan fingerprint density at radius 2 is 2.42 bits per heavy atom. The maximum Gasteiger partial charge on any atom is 0.0621 e. The second-order valence-corrected chi connectivity index (χ2v) is 3.70. The minimum atomic E-state index is 0.528. The first-order valence-corrected chi connectivity index (χ1v) is 4.70. The maximum atomic E-state index is 5.72. The van der Waals surface area contributed by atoms with Gasteiger partial charge in [-0.25, -0.2) is 0 Å². The molecule has 2 fully saturated rings. The largest absolute Gasteiger partial charge is 0.375 e. The minimum absolute atomic E-state index is 0.528. The van der Waals surface area contributed by atoms with Crippen molar-refractivity contribution in [2.45, 2.75) is 31.5 Å². The highest BCUT2D eigenvalue weighted by atomic mass is 16.5. The Balaban J connectivity index is 1.73. The van der Waals surface area contributed by atoms with Crippen LogP contribution in [0.5, 0.6) is 0 Å². The molecule has 2 nitrogen and oxygen atoms in total. The SMILES string of the molecule is C#CCNCC1CC2CCC1O2. The van der Waals surface area contributed by atoms with Crippen LogP contribution in [-0.2, 0) is 4.74 Å². The van der Waals surface area contributed by atoms with Crippen molar-refractivity contribution in [2.24, 2.45) is 5.92 Å². The van der Waals surface area contributed by atoms with Gasteiger partial charge in [-0.3, -0.25) is 0 Å². The first kappa shape index (κ1) is 8.10. The van der Waals surface area contributed by atoms with Crippen LogP contribution in [0.2, 0.25) is 0 Å². The molecular weight excluding hydrogens is 150 g/mol. The average Bonchev–Trinajstić information content (AvgIpc) is 2.65. The molecule has 2 heterocycles. The van der Waals surface area contributed by atoms with Crippen LogP contribution >= 0.6 is 0 Å². The number of terminal acetylenes is 1. The third-order valence-corrected chi connectivity index (χ3v) is 2.87. The van der Waals surface area contributed by atoms with Gasteiger partial charge in [0.15, 0.2) is 0 Å². The van der Waals surface area contributed by atoms with E-state index in [1.54, 1.807) is 0 Å². The van der Waals surface area contributed by atoms with Gasteiger partial charge in [-0.2, -0.15) is 0 Å². The molecule has 0 saturated carbocycles. The summed E-state index contributed by atoms with van der Waals surface area (Å²) < 4.78 is 5.72. The van der Waals surface area contributed by atoms with Crippen molar-refractivity contribution >= 4 is 0 Å². The first-order valence-electron chi connectivity index (χ1n) is 4.70. The van der Waals surface area contributed by atoms with Crippen molar-refractivity contribution in [1.29, 1.82) is 0 Å². The molecule has 0 aliphatic carbocycles. The van der Waals surface area contributed by atoms with Crippen LogP contribution in [0.1, 0.15) is 19.3 Å². The summed E-state index contributed by atoms with van der Waals surface area (Å²) in [6, 6.07) is 0. The van der Waals surface area contributed by atoms with Crippen molar-refractivity contribution in [2.75, 3.05) is 13.1 Å². The molecule has 66 valence electrons. The van der Waals surface area contributed by atoms with Crippen LogP contribution in [0.25, 0.3) is 0 Å². The molecule has 1 N–H and O–H groups in total. The standard InChI is InChI=1S/C10H15NO/c1-2-5-11-7-8-6-9-3-4-10(8)12-9/h1,8-11H,3-7H2. The summed E-state index contributed by atoms with van der Waals surface area (Å²) in [5, 5.41) is 3.25. The van der Waals surface area contributed by atoms with E-state index in [2.05, 4.69) is 11.2 Å². The summed E-state index contributed by atoms with van der Waals surface area (Å²) in [4.78, 5) is 0. The maximum absolute atomic E-state index is 5.72. The molecule has 0 aromatic carbocycles. The second kappa shape index (κ2) is 3.47. The summed E-state index contributed by atoms with van der Waals surface area (Å²) in [6.45, 7) is 1.72. The van der Waals surface area contributed by atoms with Crippen molar-refractivity contribution in [3.63, 3.8) is 0 Å². The highest BCUT2D eigenvalue weighted by molar-refractivity contribution is 4.92. The smallest absolute Gasteiger partial charge is 0.0621 e. The normalized spacial score (nSPS) is 38.4. The van der Waals surface area contributed by atoms with E-state index in [0.717, 1.165) is 12.5 Å². The lowest BCUT2D eigenvalue weighted by atomic mass is 9.89. The molecule has 2 aliphatic heterocycles. The van der Waals surface area contributed by atoms with E-state index in [4.69, 9.17) is 11.2 Å². The molecule has 0 aromatic heterocycles. The molecule has 3 unspecified atom stereocenters. The van der Waals surface area contributed by atoms with Crippen LogP contribution in [0.4, 0.5) is 0 Å². The minimum Gasteiger partial charge on any atom is -0.375 e. The van der Waals surface area contributed by atoms with Gasteiger partial charge in [0.05, 0.1) is 18.8 Å².